The van der Waals surface area contributed by atoms with Gasteiger partial charge in [0.25, 0.3) is 0 Å². The molecule has 0 spiro atoms. The van der Waals surface area contributed by atoms with Crippen molar-refractivity contribution in [2.24, 2.45) is 4.99 Å². The molecule has 0 saturated carbocycles. The molecule has 2 aromatic carbocycles. The number of nitrogens with zero attached hydrogens (tertiary/aromatic N) is 1. The number of ketones is 1. The van der Waals surface area contributed by atoms with Crippen LogP contribution in [0.4, 0.5) is 5.69 Å². The Morgan fingerprint density at radius 3 is 2.50 bits per heavy atom. The Labute approximate surface area is 154 Å². The van der Waals surface area contributed by atoms with E-state index in [1.807, 2.05) is 62.4 Å². The van der Waals surface area contributed by atoms with E-state index in [2.05, 4.69) is 15.6 Å². The number of anilines is 1. The van der Waals surface area contributed by atoms with Crippen LogP contribution in [0, 0.1) is 0 Å². The first-order valence-electron chi connectivity index (χ1n) is 9.04. The van der Waals surface area contributed by atoms with Gasteiger partial charge in [0, 0.05) is 24.2 Å². The highest BCUT2D eigenvalue weighted by atomic mass is 16.5. The number of benzene rings is 2. The van der Waals surface area contributed by atoms with Crippen LogP contribution >= 0.6 is 0 Å². The monoisotopic (exact) mass is 351 g/mol. The molecule has 0 unspecified atom stereocenters. The molecule has 26 heavy (non-hydrogen) atoms. The molecule has 2 aromatic rings. The lowest BCUT2D eigenvalue weighted by Crippen LogP contribution is -2.26. The van der Waals surface area contributed by atoms with Crippen LogP contribution in [-0.4, -0.2) is 30.9 Å². The Balaban J connectivity index is 1.50. The van der Waals surface area contributed by atoms with Gasteiger partial charge in [0.05, 0.1) is 12.6 Å². The highest BCUT2D eigenvalue weighted by Crippen LogP contribution is 2.17. The number of carbonyl (C=O) groups is 1. The topological polar surface area (TPSA) is 62.7 Å². The van der Waals surface area contributed by atoms with Crippen LogP contribution in [-0.2, 0) is 6.42 Å². The SMILES string of the molecule is CC(C)Oc1ccc(C(=O)CCc2ccc(NC3=NCCN3)cc2)cc1. The minimum Gasteiger partial charge on any atom is -0.491 e. The number of aliphatic imine (C=N–C) groups is 1. The highest BCUT2D eigenvalue weighted by Gasteiger charge is 2.08. The van der Waals surface area contributed by atoms with Crippen LogP contribution in [0.1, 0.15) is 36.2 Å². The van der Waals surface area contributed by atoms with E-state index < -0.39 is 0 Å². The van der Waals surface area contributed by atoms with Crippen LogP contribution in [0.2, 0.25) is 0 Å². The quantitative estimate of drug-likeness (QED) is 0.747. The average Bonchev–Trinajstić information content (AvgIpc) is 3.14. The summed E-state index contributed by atoms with van der Waals surface area (Å²) in [5.74, 6) is 1.76. The van der Waals surface area contributed by atoms with Crippen molar-refractivity contribution in [2.45, 2.75) is 32.8 Å². The van der Waals surface area contributed by atoms with Gasteiger partial charge in [0.15, 0.2) is 11.7 Å². The molecule has 3 rings (SSSR count). The van der Waals surface area contributed by atoms with Gasteiger partial charge in [-0.25, -0.2) is 0 Å². The van der Waals surface area contributed by atoms with Gasteiger partial charge in [-0.15, -0.1) is 0 Å². The molecule has 0 amide bonds. The second kappa shape index (κ2) is 8.52. The van der Waals surface area contributed by atoms with Gasteiger partial charge in [-0.05, 0) is 62.2 Å². The highest BCUT2D eigenvalue weighted by molar-refractivity contribution is 5.96. The maximum Gasteiger partial charge on any atom is 0.195 e. The Morgan fingerprint density at radius 1 is 1.15 bits per heavy atom. The third-order valence-electron chi connectivity index (χ3n) is 4.08. The molecule has 2 N–H and O–H groups in total. The average molecular weight is 351 g/mol. The fourth-order valence-electron chi connectivity index (χ4n) is 2.77. The molecule has 0 atom stereocenters. The number of hydrogen-bond donors (Lipinski definition) is 2. The molecule has 136 valence electrons. The number of guanidine groups is 1. The second-order valence-corrected chi connectivity index (χ2v) is 6.59. The smallest absolute Gasteiger partial charge is 0.195 e. The molecule has 1 heterocycles. The molecule has 0 saturated heterocycles. The van der Waals surface area contributed by atoms with Gasteiger partial charge in [-0.2, -0.15) is 0 Å². The molecule has 1 aliphatic heterocycles. The second-order valence-electron chi connectivity index (χ2n) is 6.59. The van der Waals surface area contributed by atoms with Crippen molar-refractivity contribution in [2.75, 3.05) is 18.4 Å². The van der Waals surface area contributed by atoms with Crippen LogP contribution < -0.4 is 15.4 Å². The fraction of sp³-hybridized carbons (Fsp3) is 0.333. The first kappa shape index (κ1) is 18.0. The lowest BCUT2D eigenvalue weighted by Gasteiger charge is -2.10. The Kier molecular flexibility index (Phi) is 5.89. The van der Waals surface area contributed by atoms with Crippen molar-refractivity contribution in [3.05, 3.63) is 59.7 Å². The van der Waals surface area contributed by atoms with Crippen molar-refractivity contribution in [1.29, 1.82) is 0 Å². The summed E-state index contributed by atoms with van der Waals surface area (Å²) in [6.45, 7) is 5.66. The normalized spacial score (nSPS) is 13.3. The first-order chi connectivity index (χ1) is 12.6. The zero-order valence-electron chi connectivity index (χ0n) is 15.3. The molecule has 5 nitrogen and oxygen atoms in total. The summed E-state index contributed by atoms with van der Waals surface area (Å²) in [6, 6.07) is 15.5. The third-order valence-corrected chi connectivity index (χ3v) is 4.08. The summed E-state index contributed by atoms with van der Waals surface area (Å²) in [6.07, 6.45) is 1.35. The molecule has 0 bridgehead atoms. The fourth-order valence-corrected chi connectivity index (χ4v) is 2.77. The van der Waals surface area contributed by atoms with Crippen molar-refractivity contribution >= 4 is 17.4 Å². The minimum atomic E-state index is 0.130. The number of rotatable bonds is 7. The molecule has 0 aromatic heterocycles. The molecule has 0 aliphatic carbocycles. The number of Topliss-reactive ketones (excluding diaryl/α,β-unsaturated/α-hetero) is 1. The van der Waals surface area contributed by atoms with E-state index >= 15 is 0 Å². The molecular formula is C21H25N3O2. The molecule has 0 fully saturated rings. The van der Waals surface area contributed by atoms with Crippen molar-refractivity contribution < 1.29 is 9.53 Å². The predicted molar refractivity (Wildman–Crippen MR) is 105 cm³/mol. The molecule has 1 aliphatic rings. The number of ether oxygens (including phenoxy) is 1. The van der Waals surface area contributed by atoms with Crippen LogP contribution in [0.5, 0.6) is 5.75 Å². The van der Waals surface area contributed by atoms with Crippen LogP contribution in [0.15, 0.2) is 53.5 Å². The summed E-state index contributed by atoms with van der Waals surface area (Å²) in [5, 5.41) is 6.41. The van der Waals surface area contributed by atoms with E-state index in [9.17, 15) is 4.79 Å². The Bertz CT molecular complexity index is 765. The first-order valence-corrected chi connectivity index (χ1v) is 9.04. The summed E-state index contributed by atoms with van der Waals surface area (Å²) >= 11 is 0. The number of nitrogens with one attached hydrogen (secondary N) is 2. The van der Waals surface area contributed by atoms with E-state index in [1.165, 1.54) is 0 Å². The summed E-state index contributed by atoms with van der Waals surface area (Å²) in [7, 11) is 0. The van der Waals surface area contributed by atoms with E-state index in [1.54, 1.807) is 0 Å². The van der Waals surface area contributed by atoms with E-state index in [-0.39, 0.29) is 11.9 Å². The number of hydrogen-bond acceptors (Lipinski definition) is 5. The van der Waals surface area contributed by atoms with Gasteiger partial charge in [0.2, 0.25) is 0 Å². The molecule has 0 radical (unpaired) electrons. The van der Waals surface area contributed by atoms with Crippen molar-refractivity contribution in [1.82, 2.24) is 5.32 Å². The minimum absolute atomic E-state index is 0.130. The van der Waals surface area contributed by atoms with Gasteiger partial charge in [0.1, 0.15) is 5.75 Å². The van der Waals surface area contributed by atoms with E-state index in [0.717, 1.165) is 48.0 Å². The molecular weight excluding hydrogens is 326 g/mol. The zero-order chi connectivity index (χ0) is 18.4. The third kappa shape index (κ3) is 5.09. The van der Waals surface area contributed by atoms with E-state index in [0.29, 0.717) is 6.42 Å². The largest absolute Gasteiger partial charge is 0.491 e. The van der Waals surface area contributed by atoms with Gasteiger partial charge in [-0.1, -0.05) is 12.1 Å². The van der Waals surface area contributed by atoms with Gasteiger partial charge < -0.3 is 15.4 Å². The maximum absolute atomic E-state index is 12.4. The summed E-state index contributed by atoms with van der Waals surface area (Å²) < 4.78 is 5.61. The van der Waals surface area contributed by atoms with Gasteiger partial charge >= 0.3 is 0 Å². The number of carbonyl (C=O) groups excluding carboxylic acids is 1. The maximum atomic E-state index is 12.4. The lowest BCUT2D eigenvalue weighted by molar-refractivity contribution is 0.0983. The Morgan fingerprint density at radius 2 is 1.88 bits per heavy atom. The summed E-state index contributed by atoms with van der Waals surface area (Å²) in [5.41, 5.74) is 2.86. The van der Waals surface area contributed by atoms with Crippen molar-refractivity contribution in [3.8, 4) is 5.75 Å². The van der Waals surface area contributed by atoms with Crippen molar-refractivity contribution in [3.63, 3.8) is 0 Å². The predicted octanol–water partition coefficient (Wildman–Crippen LogP) is 3.66. The standard InChI is InChI=1S/C21H25N3O2/c1-15(2)26-19-10-6-17(7-11-19)20(25)12-5-16-3-8-18(9-4-16)24-21-22-13-14-23-21/h3-4,6-11,15H,5,12-14H2,1-2H3,(H2,22,23,24). The lowest BCUT2D eigenvalue weighted by atomic mass is 10.0. The van der Waals surface area contributed by atoms with Crippen LogP contribution in [0.3, 0.4) is 0 Å². The van der Waals surface area contributed by atoms with Crippen LogP contribution in [0.25, 0.3) is 0 Å². The zero-order valence-corrected chi connectivity index (χ0v) is 15.3. The number of aryl methyl sites for hydroxylation is 1. The van der Waals surface area contributed by atoms with Gasteiger partial charge in [-0.3, -0.25) is 9.79 Å². The van der Waals surface area contributed by atoms with E-state index in [4.69, 9.17) is 4.74 Å². The molecule has 5 heteroatoms. The summed E-state index contributed by atoms with van der Waals surface area (Å²) in [4.78, 5) is 16.7. The Hall–Kier alpha value is -2.82.